The summed E-state index contributed by atoms with van der Waals surface area (Å²) in [4.78, 5) is 2.03. The molecule has 22 heavy (non-hydrogen) atoms. The molecule has 0 aliphatic carbocycles. The molecule has 1 saturated heterocycles. The highest BCUT2D eigenvalue weighted by molar-refractivity contribution is 6.30. The normalized spacial score (nSPS) is 16.2. The number of allylic oxidation sites excluding steroid dienone is 1. The first-order valence-corrected chi connectivity index (χ1v) is 7.95. The van der Waals surface area contributed by atoms with E-state index in [1.807, 2.05) is 4.90 Å². The predicted molar refractivity (Wildman–Crippen MR) is 91.1 cm³/mol. The molecule has 4 nitrogen and oxygen atoms in total. The number of piperidine rings is 1. The van der Waals surface area contributed by atoms with E-state index in [2.05, 4.69) is 0 Å². The van der Waals surface area contributed by atoms with Gasteiger partial charge in [0.2, 0.25) is 0 Å². The largest absolute Gasteiger partial charge is 0.396 e. The van der Waals surface area contributed by atoms with E-state index in [-0.39, 0.29) is 6.61 Å². The molecule has 1 aliphatic heterocycles. The number of benzene rings is 1. The lowest BCUT2D eigenvalue weighted by Gasteiger charge is -2.32. The Morgan fingerprint density at radius 1 is 1.18 bits per heavy atom. The minimum atomic E-state index is 0.250. The maximum atomic E-state index is 8.97. The Hall–Kier alpha value is -1.65. The van der Waals surface area contributed by atoms with Crippen molar-refractivity contribution >= 4 is 23.1 Å². The van der Waals surface area contributed by atoms with Crippen LogP contribution in [0.5, 0.6) is 0 Å². The van der Waals surface area contributed by atoms with Gasteiger partial charge in [0.05, 0.1) is 5.71 Å². The lowest BCUT2D eigenvalue weighted by molar-refractivity contribution is 0.204. The van der Waals surface area contributed by atoms with Crippen LogP contribution in [0, 0.1) is 16.7 Å². The molecule has 0 saturated carbocycles. The van der Waals surface area contributed by atoms with Gasteiger partial charge in [0.1, 0.15) is 5.84 Å². The second kappa shape index (κ2) is 8.11. The molecule has 2 rings (SSSR count). The van der Waals surface area contributed by atoms with E-state index in [4.69, 9.17) is 27.5 Å². The van der Waals surface area contributed by atoms with E-state index in [1.165, 1.54) is 0 Å². The molecule has 0 amide bonds. The van der Waals surface area contributed by atoms with Gasteiger partial charge in [0, 0.05) is 24.7 Å². The molecular weight excluding hydrogens is 298 g/mol. The summed E-state index contributed by atoms with van der Waals surface area (Å²) in [5, 5.41) is 25.8. The van der Waals surface area contributed by atoms with Gasteiger partial charge in [0.25, 0.3) is 0 Å². The molecule has 0 spiro atoms. The monoisotopic (exact) mass is 319 g/mol. The third kappa shape index (κ3) is 4.68. The van der Waals surface area contributed by atoms with Crippen molar-refractivity contribution in [2.45, 2.75) is 19.3 Å². The van der Waals surface area contributed by atoms with E-state index in [9.17, 15) is 0 Å². The van der Waals surface area contributed by atoms with E-state index in [0.717, 1.165) is 37.9 Å². The van der Waals surface area contributed by atoms with Crippen LogP contribution in [0.25, 0.3) is 0 Å². The number of nitrogens with one attached hydrogen (secondary N) is 2. The van der Waals surface area contributed by atoms with Crippen LogP contribution in [0.15, 0.2) is 36.4 Å². The molecule has 1 aliphatic rings. The molecule has 0 radical (unpaired) electrons. The number of hydrogen-bond donors (Lipinski definition) is 3. The highest BCUT2D eigenvalue weighted by Crippen LogP contribution is 2.20. The second-order valence-corrected chi connectivity index (χ2v) is 6.02. The molecule has 5 heteroatoms. The van der Waals surface area contributed by atoms with Crippen molar-refractivity contribution in [1.29, 1.82) is 10.8 Å². The Labute approximate surface area is 136 Å². The SMILES string of the molecule is N=C(/C=C\C(=N)N1CCC(CCO)CC1)c1ccc(Cl)cc1. The van der Waals surface area contributed by atoms with E-state index < -0.39 is 0 Å². The molecular formula is C17H22ClN3O. The summed E-state index contributed by atoms with van der Waals surface area (Å²) < 4.78 is 0. The summed E-state index contributed by atoms with van der Waals surface area (Å²) in [6, 6.07) is 7.13. The number of aliphatic hydroxyl groups is 1. The average Bonchev–Trinajstić information content (AvgIpc) is 2.54. The Bertz CT molecular complexity index is 546. The van der Waals surface area contributed by atoms with Crippen LogP contribution >= 0.6 is 11.6 Å². The van der Waals surface area contributed by atoms with Gasteiger partial charge in [-0.3, -0.25) is 5.41 Å². The first-order valence-electron chi connectivity index (χ1n) is 7.57. The maximum absolute atomic E-state index is 8.97. The van der Waals surface area contributed by atoms with Crippen LogP contribution < -0.4 is 0 Å². The van der Waals surface area contributed by atoms with Crippen molar-refractivity contribution in [3.05, 3.63) is 47.0 Å². The summed E-state index contributed by atoms with van der Waals surface area (Å²) in [6.45, 7) is 1.95. The van der Waals surface area contributed by atoms with Crippen molar-refractivity contribution in [3.8, 4) is 0 Å². The molecule has 1 aromatic rings. The van der Waals surface area contributed by atoms with Gasteiger partial charge in [-0.2, -0.15) is 0 Å². The quantitative estimate of drug-likeness (QED) is 0.575. The summed E-state index contributed by atoms with van der Waals surface area (Å²) in [5.74, 6) is 1.02. The van der Waals surface area contributed by atoms with Crippen molar-refractivity contribution in [2.75, 3.05) is 19.7 Å². The molecule has 1 fully saturated rings. The average molecular weight is 320 g/mol. The minimum absolute atomic E-state index is 0.250. The molecule has 0 bridgehead atoms. The second-order valence-electron chi connectivity index (χ2n) is 5.58. The van der Waals surface area contributed by atoms with Gasteiger partial charge in [0.15, 0.2) is 0 Å². The number of aliphatic hydroxyl groups excluding tert-OH is 1. The van der Waals surface area contributed by atoms with Gasteiger partial charge in [-0.05, 0) is 55.0 Å². The maximum Gasteiger partial charge on any atom is 0.120 e. The molecule has 3 N–H and O–H groups in total. The molecule has 0 aromatic heterocycles. The van der Waals surface area contributed by atoms with Crippen LogP contribution in [0.3, 0.4) is 0 Å². The summed E-state index contributed by atoms with van der Waals surface area (Å²) >= 11 is 5.83. The lowest BCUT2D eigenvalue weighted by atomic mass is 9.94. The summed E-state index contributed by atoms with van der Waals surface area (Å²) in [7, 11) is 0. The first kappa shape index (κ1) is 16.7. The fraction of sp³-hybridized carbons (Fsp3) is 0.412. The Morgan fingerprint density at radius 3 is 2.41 bits per heavy atom. The minimum Gasteiger partial charge on any atom is -0.396 e. The van der Waals surface area contributed by atoms with Crippen LogP contribution in [-0.4, -0.2) is 41.3 Å². The number of hydrogen-bond acceptors (Lipinski definition) is 3. The van der Waals surface area contributed by atoms with Crippen LogP contribution in [0.1, 0.15) is 24.8 Å². The van der Waals surface area contributed by atoms with Crippen molar-refractivity contribution < 1.29 is 5.11 Å². The molecule has 0 unspecified atom stereocenters. The Balaban J connectivity index is 1.86. The highest BCUT2D eigenvalue weighted by Gasteiger charge is 2.19. The molecule has 1 heterocycles. The van der Waals surface area contributed by atoms with Crippen LogP contribution in [-0.2, 0) is 0 Å². The predicted octanol–water partition coefficient (Wildman–Crippen LogP) is 3.34. The smallest absolute Gasteiger partial charge is 0.120 e. The Kier molecular flexibility index (Phi) is 6.16. The first-order chi connectivity index (χ1) is 10.6. The molecule has 0 atom stereocenters. The third-order valence-electron chi connectivity index (χ3n) is 4.06. The number of amidine groups is 1. The van der Waals surface area contributed by atoms with Crippen LogP contribution in [0.4, 0.5) is 0 Å². The number of likely N-dealkylation sites (tertiary alicyclic amines) is 1. The number of rotatable bonds is 5. The number of halogens is 1. The van der Waals surface area contributed by atoms with Crippen LogP contribution in [0.2, 0.25) is 5.02 Å². The van der Waals surface area contributed by atoms with Gasteiger partial charge < -0.3 is 15.4 Å². The third-order valence-corrected chi connectivity index (χ3v) is 4.31. The van der Waals surface area contributed by atoms with Gasteiger partial charge in [-0.25, -0.2) is 0 Å². The fourth-order valence-corrected chi connectivity index (χ4v) is 2.76. The zero-order chi connectivity index (χ0) is 15.9. The topological polar surface area (TPSA) is 71.2 Å². The molecule has 1 aromatic carbocycles. The van der Waals surface area contributed by atoms with Crippen molar-refractivity contribution in [2.24, 2.45) is 5.92 Å². The molecule has 118 valence electrons. The van der Waals surface area contributed by atoms with Gasteiger partial charge in [-0.1, -0.05) is 23.7 Å². The highest BCUT2D eigenvalue weighted by atomic mass is 35.5. The van der Waals surface area contributed by atoms with E-state index >= 15 is 0 Å². The van der Waals surface area contributed by atoms with Gasteiger partial charge in [-0.15, -0.1) is 0 Å². The van der Waals surface area contributed by atoms with E-state index in [0.29, 0.717) is 22.5 Å². The lowest BCUT2D eigenvalue weighted by Crippen LogP contribution is -2.37. The zero-order valence-electron chi connectivity index (χ0n) is 12.6. The standard InChI is InChI=1S/C17H22ClN3O/c18-15-3-1-14(2-4-15)16(19)5-6-17(20)21-10-7-13(8-11-21)9-12-22/h1-6,13,19-20,22H,7-12H2/b6-5-,19-16?,20-17?. The summed E-state index contributed by atoms with van der Waals surface area (Å²) in [5.41, 5.74) is 1.16. The zero-order valence-corrected chi connectivity index (χ0v) is 13.3. The van der Waals surface area contributed by atoms with Crippen molar-refractivity contribution in [3.63, 3.8) is 0 Å². The van der Waals surface area contributed by atoms with E-state index in [1.54, 1.807) is 36.4 Å². The van der Waals surface area contributed by atoms with Crippen molar-refractivity contribution in [1.82, 2.24) is 4.90 Å². The fourth-order valence-electron chi connectivity index (χ4n) is 2.64. The number of nitrogens with zero attached hydrogens (tertiary/aromatic N) is 1. The van der Waals surface area contributed by atoms with Gasteiger partial charge >= 0.3 is 0 Å². The summed E-state index contributed by atoms with van der Waals surface area (Å²) in [6.07, 6.45) is 6.24. The Morgan fingerprint density at radius 2 is 1.82 bits per heavy atom.